The lowest BCUT2D eigenvalue weighted by atomic mass is 9.98. The molecule has 3 aromatic carbocycles. The summed E-state index contributed by atoms with van der Waals surface area (Å²) in [7, 11) is 0. The Labute approximate surface area is 103 Å². The molecule has 84 valence electrons. The van der Waals surface area contributed by atoms with Crippen molar-refractivity contribution in [3.8, 4) is 0 Å². The second-order valence-corrected chi connectivity index (χ2v) is 4.58. The van der Waals surface area contributed by atoms with Crippen molar-refractivity contribution in [2.24, 2.45) is 0 Å². The van der Waals surface area contributed by atoms with Crippen molar-refractivity contribution in [1.82, 2.24) is 0 Å². The number of carbonyl (C=O) groups is 1. The monoisotopic (exact) mass is 231 g/mol. The van der Waals surface area contributed by atoms with Gasteiger partial charge in [-0.05, 0) is 22.2 Å². The zero-order chi connectivity index (χ0) is 12.3. The van der Waals surface area contributed by atoms with Crippen LogP contribution in [0.1, 0.15) is 15.9 Å². The van der Waals surface area contributed by atoms with Crippen LogP contribution in [0.5, 0.6) is 0 Å². The SMILES string of the molecule is N=C1C(=O)c2cc3ccccc3c3cccc1c23. The first-order valence-electron chi connectivity index (χ1n) is 5.85. The Balaban J connectivity index is 2.37. The molecule has 1 aliphatic rings. The summed E-state index contributed by atoms with van der Waals surface area (Å²) in [6.07, 6.45) is 0. The molecule has 0 heterocycles. The van der Waals surface area contributed by atoms with Gasteiger partial charge in [0.15, 0.2) is 0 Å². The molecule has 18 heavy (non-hydrogen) atoms. The van der Waals surface area contributed by atoms with Gasteiger partial charge in [0.1, 0.15) is 5.71 Å². The molecule has 0 bridgehead atoms. The van der Waals surface area contributed by atoms with E-state index in [1.165, 1.54) is 0 Å². The maximum atomic E-state index is 12.1. The first-order valence-corrected chi connectivity index (χ1v) is 5.85. The van der Waals surface area contributed by atoms with Crippen LogP contribution in [0.15, 0.2) is 48.5 Å². The van der Waals surface area contributed by atoms with Gasteiger partial charge in [-0.1, -0.05) is 42.5 Å². The van der Waals surface area contributed by atoms with Gasteiger partial charge in [-0.15, -0.1) is 0 Å². The predicted octanol–water partition coefficient (Wildman–Crippen LogP) is 3.56. The number of Topliss-reactive ketones (excluding diaryl/α,β-unsaturated/α-hetero) is 1. The quantitative estimate of drug-likeness (QED) is 0.590. The van der Waals surface area contributed by atoms with Crippen molar-refractivity contribution in [1.29, 1.82) is 5.41 Å². The fourth-order valence-electron chi connectivity index (χ4n) is 2.81. The van der Waals surface area contributed by atoms with Gasteiger partial charge in [0.25, 0.3) is 0 Å². The molecule has 0 saturated carbocycles. The highest BCUT2D eigenvalue weighted by Gasteiger charge is 2.28. The van der Waals surface area contributed by atoms with Gasteiger partial charge in [0.2, 0.25) is 5.78 Å². The van der Waals surface area contributed by atoms with Crippen molar-refractivity contribution in [3.63, 3.8) is 0 Å². The Morgan fingerprint density at radius 1 is 0.833 bits per heavy atom. The molecule has 0 spiro atoms. The average molecular weight is 231 g/mol. The molecule has 0 saturated heterocycles. The predicted molar refractivity (Wildman–Crippen MR) is 72.6 cm³/mol. The highest BCUT2D eigenvalue weighted by atomic mass is 16.1. The first-order chi connectivity index (χ1) is 8.77. The lowest BCUT2D eigenvalue weighted by molar-refractivity contribution is 0.106. The number of hydrogen-bond acceptors (Lipinski definition) is 2. The third kappa shape index (κ3) is 0.979. The maximum absolute atomic E-state index is 12.1. The number of rotatable bonds is 0. The van der Waals surface area contributed by atoms with E-state index in [1.54, 1.807) is 0 Å². The molecule has 2 heteroatoms. The summed E-state index contributed by atoms with van der Waals surface area (Å²) in [4.78, 5) is 12.1. The molecule has 2 nitrogen and oxygen atoms in total. The second-order valence-electron chi connectivity index (χ2n) is 4.58. The molecule has 0 fully saturated rings. The van der Waals surface area contributed by atoms with Gasteiger partial charge in [0.05, 0.1) is 0 Å². The van der Waals surface area contributed by atoms with Crippen molar-refractivity contribution < 1.29 is 4.79 Å². The maximum Gasteiger partial charge on any atom is 0.211 e. The fraction of sp³-hybridized carbons (Fsp3) is 0. The molecule has 0 aromatic heterocycles. The summed E-state index contributed by atoms with van der Waals surface area (Å²) in [5.74, 6) is -0.160. The minimum absolute atomic E-state index is 0.117. The Morgan fingerprint density at radius 2 is 1.61 bits per heavy atom. The Hall–Kier alpha value is -2.48. The standard InChI is InChI=1S/C16H9NO/c17-15-12-7-3-6-11-10-5-2-1-4-9(10)8-13(14(11)12)16(15)18/h1-8,17H. The van der Waals surface area contributed by atoms with Gasteiger partial charge in [-0.25, -0.2) is 0 Å². The molecule has 3 aromatic rings. The summed E-state index contributed by atoms with van der Waals surface area (Å²) in [5.41, 5.74) is 1.55. The van der Waals surface area contributed by atoms with Crippen molar-refractivity contribution in [2.45, 2.75) is 0 Å². The van der Waals surface area contributed by atoms with E-state index >= 15 is 0 Å². The summed E-state index contributed by atoms with van der Waals surface area (Å²) >= 11 is 0. The average Bonchev–Trinajstić information content (AvgIpc) is 2.66. The summed E-state index contributed by atoms with van der Waals surface area (Å²) < 4.78 is 0. The summed E-state index contributed by atoms with van der Waals surface area (Å²) in [5, 5.41) is 12.1. The van der Waals surface area contributed by atoms with Gasteiger partial charge < -0.3 is 0 Å². The van der Waals surface area contributed by atoms with Crippen molar-refractivity contribution in [2.75, 3.05) is 0 Å². The molecule has 0 radical (unpaired) electrons. The molecule has 0 atom stereocenters. The third-order valence-electron chi connectivity index (χ3n) is 3.63. The van der Waals surface area contributed by atoms with Crippen LogP contribution >= 0.6 is 0 Å². The van der Waals surface area contributed by atoms with Crippen molar-refractivity contribution in [3.05, 3.63) is 59.7 Å². The van der Waals surface area contributed by atoms with Crippen LogP contribution in [-0.4, -0.2) is 11.5 Å². The van der Waals surface area contributed by atoms with Crippen LogP contribution in [0.4, 0.5) is 0 Å². The largest absolute Gasteiger partial charge is 0.296 e. The van der Waals surface area contributed by atoms with Crippen LogP contribution < -0.4 is 0 Å². The minimum Gasteiger partial charge on any atom is -0.296 e. The van der Waals surface area contributed by atoms with E-state index in [2.05, 4.69) is 6.07 Å². The molecule has 0 unspecified atom stereocenters. The van der Waals surface area contributed by atoms with Crippen LogP contribution in [0.2, 0.25) is 0 Å². The Morgan fingerprint density at radius 3 is 2.50 bits per heavy atom. The van der Waals surface area contributed by atoms with Gasteiger partial charge in [-0.2, -0.15) is 0 Å². The molecule has 1 N–H and O–H groups in total. The number of ketones is 1. The van der Waals surface area contributed by atoms with E-state index in [1.807, 2.05) is 42.5 Å². The molecule has 4 rings (SSSR count). The van der Waals surface area contributed by atoms with Crippen LogP contribution in [-0.2, 0) is 0 Å². The van der Waals surface area contributed by atoms with E-state index < -0.39 is 0 Å². The minimum atomic E-state index is -0.160. The summed E-state index contributed by atoms with van der Waals surface area (Å²) in [6, 6.07) is 15.7. The van der Waals surface area contributed by atoms with E-state index in [0.29, 0.717) is 5.56 Å². The molecular weight excluding hydrogens is 222 g/mol. The van der Waals surface area contributed by atoms with Crippen LogP contribution in [0.3, 0.4) is 0 Å². The normalized spacial score (nSPS) is 13.8. The zero-order valence-electron chi connectivity index (χ0n) is 9.53. The lowest BCUT2D eigenvalue weighted by Gasteiger charge is -2.05. The fourth-order valence-corrected chi connectivity index (χ4v) is 2.81. The highest BCUT2D eigenvalue weighted by molar-refractivity contribution is 6.58. The van der Waals surface area contributed by atoms with E-state index in [0.717, 1.165) is 27.1 Å². The Bertz CT molecular complexity index is 861. The van der Waals surface area contributed by atoms with Gasteiger partial charge in [0, 0.05) is 16.5 Å². The van der Waals surface area contributed by atoms with Crippen LogP contribution in [0.25, 0.3) is 21.5 Å². The second kappa shape index (κ2) is 3.05. The number of carbonyl (C=O) groups excluding carboxylic acids is 1. The topological polar surface area (TPSA) is 40.9 Å². The smallest absolute Gasteiger partial charge is 0.211 e. The number of fused-ring (bicyclic) bond motifs is 2. The summed E-state index contributed by atoms with van der Waals surface area (Å²) in [6.45, 7) is 0. The molecule has 0 aliphatic heterocycles. The van der Waals surface area contributed by atoms with Gasteiger partial charge in [-0.3, -0.25) is 10.2 Å². The third-order valence-corrected chi connectivity index (χ3v) is 3.63. The van der Waals surface area contributed by atoms with Gasteiger partial charge >= 0.3 is 0 Å². The first kappa shape index (κ1) is 9.54. The Kier molecular flexibility index (Phi) is 1.61. The molecule has 0 amide bonds. The zero-order valence-corrected chi connectivity index (χ0v) is 9.53. The van der Waals surface area contributed by atoms with Crippen LogP contribution in [0, 0.1) is 5.41 Å². The van der Waals surface area contributed by atoms with Crippen molar-refractivity contribution >= 4 is 33.0 Å². The number of hydrogen-bond donors (Lipinski definition) is 1. The molecule has 1 aliphatic carbocycles. The number of nitrogens with one attached hydrogen (secondary N) is 1. The molecular formula is C16H9NO. The lowest BCUT2D eigenvalue weighted by Crippen LogP contribution is -2.06. The van der Waals surface area contributed by atoms with E-state index in [9.17, 15) is 4.79 Å². The highest BCUT2D eigenvalue weighted by Crippen LogP contribution is 2.35. The van der Waals surface area contributed by atoms with E-state index in [-0.39, 0.29) is 11.5 Å². The number of benzene rings is 3. The van der Waals surface area contributed by atoms with E-state index in [4.69, 9.17) is 5.41 Å².